The summed E-state index contributed by atoms with van der Waals surface area (Å²) in [7, 11) is 0. The number of ether oxygens (including phenoxy) is 3. The fourth-order valence-corrected chi connectivity index (χ4v) is 6.71. The molecular weight excluding hydrogens is 484 g/mol. The monoisotopic (exact) mass is 536 g/mol. The van der Waals surface area contributed by atoms with E-state index in [-0.39, 0.29) is 18.3 Å². The number of aliphatic hydroxyl groups is 1. The Morgan fingerprint density at radius 1 is 1.15 bits per heavy atom. The van der Waals surface area contributed by atoms with Gasteiger partial charge in [-0.2, -0.15) is 0 Å². The maximum atomic E-state index is 11.4. The quantitative estimate of drug-likeness (QED) is 0.123. The van der Waals surface area contributed by atoms with Crippen molar-refractivity contribution in [1.82, 2.24) is 0 Å². The normalized spacial score (nSPS) is 27.8. The van der Waals surface area contributed by atoms with Crippen LogP contribution < -0.4 is 0 Å². The van der Waals surface area contributed by atoms with Crippen molar-refractivity contribution in [3.63, 3.8) is 0 Å². The van der Waals surface area contributed by atoms with Crippen LogP contribution in [-0.4, -0.2) is 30.7 Å². The first-order valence-electron chi connectivity index (χ1n) is 15.7. The van der Waals surface area contributed by atoms with Crippen LogP contribution in [0.2, 0.25) is 0 Å². The van der Waals surface area contributed by atoms with Crippen molar-refractivity contribution < 1.29 is 19.3 Å². The fourth-order valence-electron chi connectivity index (χ4n) is 6.71. The van der Waals surface area contributed by atoms with E-state index in [1.165, 1.54) is 44.1 Å². The molecule has 1 saturated heterocycles. The van der Waals surface area contributed by atoms with Gasteiger partial charge in [-0.05, 0) is 100 Å². The number of fused-ring (bicyclic) bond motifs is 1. The number of unbranched alkanes of at least 4 members (excludes halogenated alkanes) is 3. The average molecular weight is 537 g/mol. The van der Waals surface area contributed by atoms with Gasteiger partial charge in [0.1, 0.15) is 0 Å². The molecule has 1 aromatic carbocycles. The van der Waals surface area contributed by atoms with Crippen molar-refractivity contribution in [3.05, 3.63) is 72.0 Å². The van der Waals surface area contributed by atoms with E-state index >= 15 is 0 Å². The summed E-state index contributed by atoms with van der Waals surface area (Å²) in [5.41, 5.74) is 2.82. The van der Waals surface area contributed by atoms with Gasteiger partial charge in [0.15, 0.2) is 6.29 Å². The van der Waals surface area contributed by atoms with E-state index < -0.39 is 0 Å². The molecule has 1 heterocycles. The molecule has 1 aromatic rings. The molecule has 0 aromatic heterocycles. The van der Waals surface area contributed by atoms with Gasteiger partial charge in [-0.1, -0.05) is 67.8 Å². The second-order valence-electron chi connectivity index (χ2n) is 12.1. The summed E-state index contributed by atoms with van der Waals surface area (Å²) in [4.78, 5) is 0. The van der Waals surface area contributed by atoms with Gasteiger partial charge in [-0.3, -0.25) is 0 Å². The summed E-state index contributed by atoms with van der Waals surface area (Å²) in [5.74, 6) is 2.17. The molecule has 2 aliphatic carbocycles. The largest absolute Gasteiger partial charge is 0.512 e. The van der Waals surface area contributed by atoms with E-state index in [1.807, 2.05) is 12.1 Å². The molecule has 1 aliphatic heterocycles. The molecule has 4 nitrogen and oxygen atoms in total. The third-order valence-electron chi connectivity index (χ3n) is 8.90. The van der Waals surface area contributed by atoms with Crippen molar-refractivity contribution in [2.24, 2.45) is 23.7 Å². The van der Waals surface area contributed by atoms with Crippen LogP contribution in [0, 0.1) is 23.7 Å². The number of allylic oxidation sites excluding steroid dienone is 4. The highest BCUT2D eigenvalue weighted by molar-refractivity contribution is 5.22. The van der Waals surface area contributed by atoms with Crippen LogP contribution in [0.5, 0.6) is 0 Å². The third kappa shape index (κ3) is 9.62. The van der Waals surface area contributed by atoms with E-state index in [9.17, 15) is 5.11 Å². The van der Waals surface area contributed by atoms with Crippen molar-refractivity contribution in [2.75, 3.05) is 13.2 Å². The van der Waals surface area contributed by atoms with E-state index in [2.05, 4.69) is 49.9 Å². The van der Waals surface area contributed by atoms with Crippen molar-refractivity contribution in [1.29, 1.82) is 0 Å². The molecule has 0 amide bonds. The summed E-state index contributed by atoms with van der Waals surface area (Å²) < 4.78 is 18.3. The highest BCUT2D eigenvalue weighted by Gasteiger charge is 2.48. The van der Waals surface area contributed by atoms with E-state index in [0.717, 1.165) is 58.2 Å². The Hall–Kier alpha value is -1.88. The molecule has 2 fully saturated rings. The van der Waals surface area contributed by atoms with Crippen LogP contribution in [0.25, 0.3) is 0 Å². The molecule has 3 aliphatic rings. The number of hydrogen-bond donors (Lipinski definition) is 1. The first kappa shape index (κ1) is 30.1. The predicted molar refractivity (Wildman–Crippen MR) is 159 cm³/mol. The van der Waals surface area contributed by atoms with Crippen molar-refractivity contribution in [3.8, 4) is 0 Å². The molecule has 6 atom stereocenters. The number of aliphatic hydroxyl groups excluding tert-OH is 1. The molecule has 39 heavy (non-hydrogen) atoms. The van der Waals surface area contributed by atoms with E-state index in [1.54, 1.807) is 5.57 Å². The highest BCUT2D eigenvalue weighted by atomic mass is 16.7. The zero-order valence-electron chi connectivity index (χ0n) is 24.3. The molecule has 2 unspecified atom stereocenters. The molecule has 1 N–H and O–H groups in total. The number of benzene rings is 1. The Bertz CT molecular complexity index is 900. The zero-order chi connectivity index (χ0) is 27.3. The van der Waals surface area contributed by atoms with E-state index in [0.29, 0.717) is 30.1 Å². The van der Waals surface area contributed by atoms with Crippen LogP contribution in [0.15, 0.2) is 66.5 Å². The second kappa shape index (κ2) is 16.4. The van der Waals surface area contributed by atoms with E-state index in [4.69, 9.17) is 14.2 Å². The van der Waals surface area contributed by atoms with Gasteiger partial charge in [0.25, 0.3) is 0 Å². The van der Waals surface area contributed by atoms with Crippen LogP contribution in [0.4, 0.5) is 0 Å². The molecule has 4 heteroatoms. The summed E-state index contributed by atoms with van der Waals surface area (Å²) in [6.45, 7) is 8.45. The van der Waals surface area contributed by atoms with Crippen molar-refractivity contribution >= 4 is 0 Å². The summed E-state index contributed by atoms with van der Waals surface area (Å²) >= 11 is 0. The summed E-state index contributed by atoms with van der Waals surface area (Å²) in [6.07, 6.45) is 21.0. The van der Waals surface area contributed by atoms with Gasteiger partial charge in [-0.15, -0.1) is 6.58 Å². The predicted octanol–water partition coefficient (Wildman–Crippen LogP) is 9.08. The first-order valence-corrected chi connectivity index (χ1v) is 15.7. The maximum absolute atomic E-state index is 11.4. The molecule has 216 valence electrons. The topological polar surface area (TPSA) is 47.9 Å². The Kier molecular flexibility index (Phi) is 12.7. The van der Waals surface area contributed by atoms with Crippen LogP contribution in [0.3, 0.4) is 0 Å². The molecule has 0 bridgehead atoms. The summed E-state index contributed by atoms with van der Waals surface area (Å²) in [5, 5.41) is 11.4. The third-order valence-corrected chi connectivity index (χ3v) is 8.90. The Morgan fingerprint density at radius 2 is 2.03 bits per heavy atom. The molecule has 4 rings (SSSR count). The molecule has 0 radical (unpaired) electrons. The maximum Gasteiger partial charge on any atom is 0.157 e. The second-order valence-corrected chi connectivity index (χ2v) is 12.1. The fraction of sp³-hybridized carbons (Fsp3) is 0.657. The lowest BCUT2D eigenvalue weighted by atomic mass is 9.86. The molecular formula is C35H52O4. The Balaban J connectivity index is 1.25. The lowest BCUT2D eigenvalue weighted by Crippen LogP contribution is -2.32. The van der Waals surface area contributed by atoms with Crippen LogP contribution in [0.1, 0.15) is 96.0 Å². The average Bonchev–Trinajstić information content (AvgIpc) is 3.49. The Labute approximate surface area is 237 Å². The zero-order valence-corrected chi connectivity index (χ0v) is 24.3. The first-order chi connectivity index (χ1) is 19.1. The molecule has 0 spiro atoms. The standard InChI is InChI=1S/C35H52O4/c1-3-4-7-14-27(2)19-20-32(36)35-31-24-29(17-10-6-12-21-37-26-28-15-8-5-9-16-28)23-30(31)25-33(35)39-34-18-11-13-22-38-34/h3,5,8-9,15-16,20,23,27,30-31,33-36H,1,4,6-7,10-14,17-19,21-22,24-26H2,2H3/t27?,30-,31-,33-,34?,35+/m1/s1. The Morgan fingerprint density at radius 3 is 2.82 bits per heavy atom. The lowest BCUT2D eigenvalue weighted by molar-refractivity contribution is -0.195. The van der Waals surface area contributed by atoms with Gasteiger partial charge >= 0.3 is 0 Å². The van der Waals surface area contributed by atoms with Crippen LogP contribution in [-0.2, 0) is 20.8 Å². The van der Waals surface area contributed by atoms with Crippen LogP contribution >= 0.6 is 0 Å². The van der Waals surface area contributed by atoms with Gasteiger partial charge in [0.2, 0.25) is 0 Å². The SMILES string of the molecule is C=CCCCC(C)CC=C(O)[C@@H]1[C@@H]2CC(CCCCCOCc3ccccc3)=C[C@@H]2C[C@H]1OC1CCCCO1. The summed E-state index contributed by atoms with van der Waals surface area (Å²) in [6, 6.07) is 10.4. The minimum absolute atomic E-state index is 0.0509. The van der Waals surface area contributed by atoms with Gasteiger partial charge in [-0.25, -0.2) is 0 Å². The molecule has 1 saturated carbocycles. The van der Waals surface area contributed by atoms with Gasteiger partial charge in [0, 0.05) is 19.1 Å². The smallest absolute Gasteiger partial charge is 0.157 e. The van der Waals surface area contributed by atoms with Gasteiger partial charge in [0.05, 0.1) is 18.5 Å². The highest BCUT2D eigenvalue weighted by Crippen LogP contribution is 2.51. The minimum atomic E-state index is -0.108. The number of hydrogen-bond acceptors (Lipinski definition) is 4. The van der Waals surface area contributed by atoms with Gasteiger partial charge < -0.3 is 19.3 Å². The lowest BCUT2D eigenvalue weighted by Gasteiger charge is -2.30. The minimum Gasteiger partial charge on any atom is -0.512 e. The number of rotatable bonds is 17. The van der Waals surface area contributed by atoms with Crippen molar-refractivity contribution in [2.45, 2.75) is 109 Å².